The van der Waals surface area contributed by atoms with Crippen LogP contribution in [0.1, 0.15) is 49.2 Å². The molecule has 0 aromatic heterocycles. The van der Waals surface area contributed by atoms with Gasteiger partial charge in [0.05, 0.1) is 24.4 Å². The molecular weight excluding hydrogens is 347 g/mol. The van der Waals surface area contributed by atoms with Gasteiger partial charge in [-0.15, -0.1) is 0 Å². The van der Waals surface area contributed by atoms with E-state index in [0.717, 1.165) is 17.0 Å². The Labute approximate surface area is 158 Å². The van der Waals surface area contributed by atoms with E-state index >= 15 is 0 Å². The Morgan fingerprint density at radius 3 is 2.44 bits per heavy atom. The van der Waals surface area contributed by atoms with Crippen LogP contribution < -0.4 is 9.75 Å². The lowest BCUT2D eigenvalue weighted by atomic mass is 9.86. The quantitative estimate of drug-likeness (QED) is 0.833. The van der Waals surface area contributed by atoms with Gasteiger partial charge in [0.15, 0.2) is 11.6 Å². The smallest absolute Gasteiger partial charge is 0.335 e. The standard InChI is InChI=1S/C21H23FN2O3/c1-21(2,3)19-12-17(14-7-10-16(22)18(11-14)27-4)24(23-19)15-8-5-13(6-9-15)20(25)26/h5-11,17H,12H2,1-4H3,(H,25,26). The molecule has 0 saturated heterocycles. The van der Waals surface area contributed by atoms with E-state index < -0.39 is 11.8 Å². The third kappa shape index (κ3) is 3.79. The first-order valence-corrected chi connectivity index (χ1v) is 8.74. The number of halogens is 1. The first kappa shape index (κ1) is 18.9. The number of methoxy groups -OCH3 is 1. The normalized spacial score (nSPS) is 17.0. The van der Waals surface area contributed by atoms with E-state index in [1.807, 2.05) is 5.01 Å². The summed E-state index contributed by atoms with van der Waals surface area (Å²) in [6, 6.07) is 11.3. The Morgan fingerprint density at radius 1 is 1.22 bits per heavy atom. The van der Waals surface area contributed by atoms with Crippen LogP contribution >= 0.6 is 0 Å². The number of benzene rings is 2. The molecule has 0 aliphatic carbocycles. The number of hydrogen-bond acceptors (Lipinski definition) is 4. The number of hydrazone groups is 1. The van der Waals surface area contributed by atoms with E-state index in [-0.39, 0.29) is 22.8 Å². The molecule has 6 heteroatoms. The molecule has 2 aromatic carbocycles. The maximum atomic E-state index is 13.8. The van der Waals surface area contributed by atoms with Gasteiger partial charge in [-0.25, -0.2) is 9.18 Å². The molecule has 0 bridgehead atoms. The highest BCUT2D eigenvalue weighted by Crippen LogP contribution is 2.40. The molecule has 0 saturated carbocycles. The van der Waals surface area contributed by atoms with Crippen LogP contribution in [0.3, 0.4) is 0 Å². The summed E-state index contributed by atoms with van der Waals surface area (Å²) in [6.45, 7) is 6.31. The third-order valence-electron chi connectivity index (χ3n) is 4.71. The monoisotopic (exact) mass is 370 g/mol. The zero-order chi connectivity index (χ0) is 19.8. The number of carboxylic acid groups (broad SMARTS) is 1. The molecule has 0 fully saturated rings. The predicted molar refractivity (Wildman–Crippen MR) is 103 cm³/mol. The lowest BCUT2D eigenvalue weighted by Crippen LogP contribution is -2.20. The molecule has 2 aromatic rings. The molecule has 0 spiro atoms. The minimum atomic E-state index is -0.971. The van der Waals surface area contributed by atoms with E-state index in [0.29, 0.717) is 6.42 Å². The summed E-state index contributed by atoms with van der Waals surface area (Å²) in [4.78, 5) is 11.1. The molecule has 3 rings (SSSR count). The van der Waals surface area contributed by atoms with Crippen molar-refractivity contribution in [3.8, 4) is 5.75 Å². The van der Waals surface area contributed by atoms with E-state index in [9.17, 15) is 9.18 Å². The summed E-state index contributed by atoms with van der Waals surface area (Å²) < 4.78 is 19.0. The van der Waals surface area contributed by atoms with Crippen LogP contribution in [-0.4, -0.2) is 23.9 Å². The maximum Gasteiger partial charge on any atom is 0.335 e. The Hall–Kier alpha value is -2.89. The van der Waals surface area contributed by atoms with Gasteiger partial charge in [-0.05, 0) is 42.0 Å². The Kier molecular flexibility index (Phi) is 4.91. The van der Waals surface area contributed by atoms with Gasteiger partial charge in [0, 0.05) is 17.5 Å². The van der Waals surface area contributed by atoms with Crippen LogP contribution in [0.5, 0.6) is 5.75 Å². The van der Waals surface area contributed by atoms with E-state index in [4.69, 9.17) is 14.9 Å². The molecule has 1 N–H and O–H groups in total. The third-order valence-corrected chi connectivity index (χ3v) is 4.71. The topological polar surface area (TPSA) is 62.1 Å². The number of ether oxygens (including phenoxy) is 1. The molecule has 0 radical (unpaired) electrons. The summed E-state index contributed by atoms with van der Waals surface area (Å²) in [7, 11) is 1.44. The fourth-order valence-electron chi connectivity index (χ4n) is 3.10. The summed E-state index contributed by atoms with van der Waals surface area (Å²) in [5, 5.41) is 15.8. The van der Waals surface area contributed by atoms with Gasteiger partial charge in [-0.3, -0.25) is 5.01 Å². The SMILES string of the molecule is COc1cc(C2CC(C(C)(C)C)=NN2c2ccc(C(=O)O)cc2)ccc1F. The van der Waals surface area contributed by atoms with Crippen LogP contribution in [0.2, 0.25) is 0 Å². The molecule has 142 valence electrons. The molecule has 1 atom stereocenters. The second kappa shape index (κ2) is 7.02. The first-order chi connectivity index (χ1) is 12.7. The minimum absolute atomic E-state index is 0.113. The average Bonchev–Trinajstić information content (AvgIpc) is 3.08. The highest BCUT2D eigenvalue weighted by molar-refractivity contribution is 5.93. The van der Waals surface area contributed by atoms with Gasteiger partial charge < -0.3 is 9.84 Å². The minimum Gasteiger partial charge on any atom is -0.494 e. The fraction of sp³-hybridized carbons (Fsp3) is 0.333. The number of hydrogen-bond donors (Lipinski definition) is 1. The number of rotatable bonds is 4. The number of carboxylic acids is 1. The highest BCUT2D eigenvalue weighted by Gasteiger charge is 2.34. The summed E-state index contributed by atoms with van der Waals surface area (Å²) in [5.74, 6) is -1.19. The second-order valence-corrected chi connectivity index (χ2v) is 7.61. The zero-order valence-electron chi connectivity index (χ0n) is 15.9. The molecule has 5 nitrogen and oxygen atoms in total. The van der Waals surface area contributed by atoms with E-state index in [1.54, 1.807) is 36.4 Å². The summed E-state index contributed by atoms with van der Waals surface area (Å²) >= 11 is 0. The van der Waals surface area contributed by atoms with Gasteiger partial charge >= 0.3 is 5.97 Å². The molecular formula is C21H23FN2O3. The van der Waals surface area contributed by atoms with Crippen molar-refractivity contribution < 1.29 is 19.0 Å². The molecule has 1 heterocycles. The van der Waals surface area contributed by atoms with Crippen molar-refractivity contribution in [3.05, 3.63) is 59.4 Å². The van der Waals surface area contributed by atoms with Crippen LogP contribution in [0, 0.1) is 11.2 Å². The molecule has 1 unspecified atom stereocenters. The van der Waals surface area contributed by atoms with Crippen LogP contribution in [-0.2, 0) is 0 Å². The first-order valence-electron chi connectivity index (χ1n) is 8.74. The van der Waals surface area contributed by atoms with Crippen LogP contribution in [0.15, 0.2) is 47.6 Å². The number of anilines is 1. The molecule has 1 aliphatic rings. The van der Waals surface area contributed by atoms with Crippen molar-refractivity contribution in [3.63, 3.8) is 0 Å². The number of carbonyl (C=O) groups is 1. The predicted octanol–water partition coefficient (Wildman–Crippen LogP) is 4.89. The van der Waals surface area contributed by atoms with Gasteiger partial charge in [0.2, 0.25) is 0 Å². The Morgan fingerprint density at radius 2 is 1.89 bits per heavy atom. The van der Waals surface area contributed by atoms with Gasteiger partial charge in [0.1, 0.15) is 0 Å². The van der Waals surface area contributed by atoms with Crippen molar-refractivity contribution in [1.29, 1.82) is 0 Å². The highest BCUT2D eigenvalue weighted by atomic mass is 19.1. The maximum absolute atomic E-state index is 13.8. The van der Waals surface area contributed by atoms with Crippen molar-refractivity contribution in [2.24, 2.45) is 10.5 Å². The zero-order valence-corrected chi connectivity index (χ0v) is 15.9. The van der Waals surface area contributed by atoms with Crippen molar-refractivity contribution >= 4 is 17.4 Å². The van der Waals surface area contributed by atoms with Crippen molar-refractivity contribution in [2.45, 2.75) is 33.2 Å². The molecule has 0 amide bonds. The van der Waals surface area contributed by atoms with E-state index in [1.165, 1.54) is 13.2 Å². The Bertz CT molecular complexity index is 885. The van der Waals surface area contributed by atoms with Crippen LogP contribution in [0.25, 0.3) is 0 Å². The number of aromatic carboxylic acids is 1. The fourth-order valence-corrected chi connectivity index (χ4v) is 3.10. The van der Waals surface area contributed by atoms with Crippen LogP contribution in [0.4, 0.5) is 10.1 Å². The lowest BCUT2D eigenvalue weighted by molar-refractivity contribution is 0.0697. The average molecular weight is 370 g/mol. The van der Waals surface area contributed by atoms with Crippen molar-refractivity contribution in [1.82, 2.24) is 0 Å². The molecule has 27 heavy (non-hydrogen) atoms. The van der Waals surface area contributed by atoms with Crippen molar-refractivity contribution in [2.75, 3.05) is 12.1 Å². The molecule has 1 aliphatic heterocycles. The second-order valence-electron chi connectivity index (χ2n) is 7.61. The van der Waals surface area contributed by atoms with Gasteiger partial charge in [0.25, 0.3) is 0 Å². The summed E-state index contributed by atoms with van der Waals surface area (Å²) in [5.41, 5.74) is 2.81. The Balaban J connectivity index is 2.02. The van der Waals surface area contributed by atoms with E-state index in [2.05, 4.69) is 20.8 Å². The van der Waals surface area contributed by atoms with Gasteiger partial charge in [-0.1, -0.05) is 26.8 Å². The lowest BCUT2D eigenvalue weighted by Gasteiger charge is -2.24. The largest absolute Gasteiger partial charge is 0.494 e. The van der Waals surface area contributed by atoms with Gasteiger partial charge in [-0.2, -0.15) is 5.10 Å². The number of nitrogens with zero attached hydrogens (tertiary/aromatic N) is 2. The summed E-state index contributed by atoms with van der Waals surface area (Å²) in [6.07, 6.45) is 0.693.